The standard InChI is InChI=1S/C24H24N2O5S/c1-3-31-23(29)20-15(2)19-21(28)25(13-14-27)24(30)26(22(19)32-20)12-11-17-9-6-8-16-7-4-5-10-18(16)17/h4-10,27H,3,11-14H2,1-2H3. The second-order valence-electron chi connectivity index (χ2n) is 7.46. The molecule has 166 valence electrons. The molecule has 0 radical (unpaired) electrons. The zero-order chi connectivity index (χ0) is 22.8. The highest BCUT2D eigenvalue weighted by Crippen LogP contribution is 2.29. The minimum absolute atomic E-state index is 0.105. The number of ether oxygens (including phenoxy) is 1. The Bertz CT molecular complexity index is 1430. The van der Waals surface area contributed by atoms with Gasteiger partial charge in [-0.05, 0) is 42.2 Å². The fraction of sp³-hybridized carbons (Fsp3) is 0.292. The van der Waals surface area contributed by atoms with Gasteiger partial charge in [0.2, 0.25) is 0 Å². The molecule has 0 aliphatic carbocycles. The fourth-order valence-corrected chi connectivity index (χ4v) is 5.24. The minimum Gasteiger partial charge on any atom is -0.462 e. The lowest BCUT2D eigenvalue weighted by molar-refractivity contribution is 0.0531. The summed E-state index contributed by atoms with van der Waals surface area (Å²) in [7, 11) is 0. The van der Waals surface area contributed by atoms with E-state index in [0.717, 1.165) is 32.2 Å². The van der Waals surface area contributed by atoms with Gasteiger partial charge < -0.3 is 9.84 Å². The minimum atomic E-state index is -0.507. The summed E-state index contributed by atoms with van der Waals surface area (Å²) in [5, 5.41) is 12.0. The zero-order valence-corrected chi connectivity index (χ0v) is 18.8. The maximum atomic E-state index is 13.2. The van der Waals surface area contributed by atoms with Crippen LogP contribution in [0.15, 0.2) is 52.1 Å². The molecule has 0 amide bonds. The normalized spacial score (nSPS) is 11.3. The number of carbonyl (C=O) groups excluding carboxylic acids is 1. The van der Waals surface area contributed by atoms with Crippen LogP contribution >= 0.6 is 11.3 Å². The first kappa shape index (κ1) is 22.0. The Hall–Kier alpha value is -3.23. The number of benzene rings is 2. The molecule has 0 saturated carbocycles. The summed E-state index contributed by atoms with van der Waals surface area (Å²) in [6.07, 6.45) is 0.569. The van der Waals surface area contributed by atoms with Gasteiger partial charge in [-0.1, -0.05) is 42.5 Å². The Morgan fingerprint density at radius 1 is 1.06 bits per heavy atom. The second kappa shape index (κ2) is 9.10. The van der Waals surface area contributed by atoms with Gasteiger partial charge in [0.25, 0.3) is 5.56 Å². The molecule has 1 N–H and O–H groups in total. The van der Waals surface area contributed by atoms with Crippen LogP contribution in [0.4, 0.5) is 0 Å². The van der Waals surface area contributed by atoms with Crippen molar-refractivity contribution in [3.05, 3.63) is 79.3 Å². The van der Waals surface area contributed by atoms with Crippen molar-refractivity contribution >= 4 is 38.3 Å². The lowest BCUT2D eigenvalue weighted by Crippen LogP contribution is -2.40. The average Bonchev–Trinajstić information content (AvgIpc) is 3.14. The van der Waals surface area contributed by atoms with E-state index in [1.807, 2.05) is 42.5 Å². The number of carbonyl (C=O) groups is 1. The van der Waals surface area contributed by atoms with Gasteiger partial charge in [0, 0.05) is 6.54 Å². The van der Waals surface area contributed by atoms with E-state index in [-0.39, 0.29) is 19.8 Å². The van der Waals surface area contributed by atoms with Crippen LogP contribution in [0.3, 0.4) is 0 Å². The molecule has 2 heterocycles. The van der Waals surface area contributed by atoms with Gasteiger partial charge in [0.05, 0.1) is 25.1 Å². The highest BCUT2D eigenvalue weighted by Gasteiger charge is 2.23. The van der Waals surface area contributed by atoms with E-state index in [1.54, 1.807) is 13.8 Å². The molecule has 0 unspecified atom stereocenters. The first-order chi connectivity index (χ1) is 15.5. The molecular formula is C24H24N2O5S. The number of aliphatic hydroxyl groups excluding tert-OH is 1. The zero-order valence-electron chi connectivity index (χ0n) is 18.0. The van der Waals surface area contributed by atoms with Crippen molar-refractivity contribution in [2.24, 2.45) is 0 Å². The number of aryl methyl sites for hydroxylation is 3. The lowest BCUT2D eigenvalue weighted by Gasteiger charge is -2.12. The largest absolute Gasteiger partial charge is 0.462 e. The number of fused-ring (bicyclic) bond motifs is 2. The van der Waals surface area contributed by atoms with Gasteiger partial charge in [-0.3, -0.25) is 13.9 Å². The highest BCUT2D eigenvalue weighted by atomic mass is 32.1. The molecule has 0 bridgehead atoms. The van der Waals surface area contributed by atoms with Gasteiger partial charge >= 0.3 is 11.7 Å². The van der Waals surface area contributed by atoms with Gasteiger partial charge in [-0.2, -0.15) is 0 Å². The topological polar surface area (TPSA) is 90.5 Å². The van der Waals surface area contributed by atoms with Crippen LogP contribution in [0.2, 0.25) is 0 Å². The number of aliphatic hydroxyl groups is 1. The predicted octanol–water partition coefficient (Wildman–Crippen LogP) is 3.10. The van der Waals surface area contributed by atoms with Crippen molar-refractivity contribution in [3.63, 3.8) is 0 Å². The summed E-state index contributed by atoms with van der Waals surface area (Å²) in [5.41, 5.74) is 0.596. The summed E-state index contributed by atoms with van der Waals surface area (Å²) in [4.78, 5) is 39.5. The van der Waals surface area contributed by atoms with Crippen LogP contribution in [-0.2, 0) is 24.2 Å². The van der Waals surface area contributed by atoms with E-state index in [2.05, 4.69) is 0 Å². The monoisotopic (exact) mass is 452 g/mol. The molecule has 0 aliphatic rings. The molecule has 0 saturated heterocycles. The molecule has 0 aliphatic heterocycles. The number of hydrogen-bond acceptors (Lipinski definition) is 6. The summed E-state index contributed by atoms with van der Waals surface area (Å²) in [6.45, 7) is 3.51. The number of esters is 1. The van der Waals surface area contributed by atoms with E-state index in [9.17, 15) is 19.5 Å². The molecule has 4 rings (SSSR count). The third-order valence-electron chi connectivity index (χ3n) is 5.56. The van der Waals surface area contributed by atoms with E-state index in [4.69, 9.17) is 4.74 Å². The lowest BCUT2D eigenvalue weighted by atomic mass is 10.0. The third-order valence-corrected chi connectivity index (χ3v) is 6.86. The van der Waals surface area contributed by atoms with Crippen LogP contribution in [0.5, 0.6) is 0 Å². The van der Waals surface area contributed by atoms with Crippen molar-refractivity contribution in [3.8, 4) is 0 Å². The molecule has 7 nitrogen and oxygen atoms in total. The molecule has 2 aromatic carbocycles. The second-order valence-corrected chi connectivity index (χ2v) is 8.46. The first-order valence-electron chi connectivity index (χ1n) is 10.5. The summed E-state index contributed by atoms with van der Waals surface area (Å²) in [6, 6.07) is 14.1. The van der Waals surface area contributed by atoms with Crippen LogP contribution in [0, 0.1) is 6.92 Å². The molecular weight excluding hydrogens is 428 g/mol. The van der Waals surface area contributed by atoms with Gasteiger partial charge in [0.15, 0.2) is 0 Å². The van der Waals surface area contributed by atoms with Crippen LogP contribution < -0.4 is 11.2 Å². The number of aromatic nitrogens is 2. The van der Waals surface area contributed by atoms with Gasteiger partial charge in [0.1, 0.15) is 9.71 Å². The summed E-state index contributed by atoms with van der Waals surface area (Å²) in [5.74, 6) is -0.507. The maximum absolute atomic E-state index is 13.2. The summed E-state index contributed by atoms with van der Waals surface area (Å²) >= 11 is 1.11. The Balaban J connectivity index is 1.87. The smallest absolute Gasteiger partial charge is 0.348 e. The maximum Gasteiger partial charge on any atom is 0.348 e. The van der Waals surface area contributed by atoms with Gasteiger partial charge in [-0.25, -0.2) is 9.59 Å². The van der Waals surface area contributed by atoms with Crippen molar-refractivity contribution < 1.29 is 14.6 Å². The summed E-state index contributed by atoms with van der Waals surface area (Å²) < 4.78 is 7.72. The molecule has 2 aromatic heterocycles. The van der Waals surface area contributed by atoms with Gasteiger partial charge in [-0.15, -0.1) is 11.3 Å². The van der Waals surface area contributed by atoms with Crippen LogP contribution in [0.1, 0.15) is 27.7 Å². The molecule has 0 atom stereocenters. The molecule has 8 heteroatoms. The molecule has 4 aromatic rings. The SMILES string of the molecule is CCOC(=O)c1sc2c(c1C)c(=O)n(CCO)c(=O)n2CCc1cccc2ccccc12. The van der Waals surface area contributed by atoms with E-state index < -0.39 is 17.2 Å². The van der Waals surface area contributed by atoms with E-state index in [0.29, 0.717) is 33.6 Å². The predicted molar refractivity (Wildman–Crippen MR) is 126 cm³/mol. The van der Waals surface area contributed by atoms with Crippen molar-refractivity contribution in [2.45, 2.75) is 33.4 Å². The van der Waals surface area contributed by atoms with Crippen LogP contribution in [-0.4, -0.2) is 33.4 Å². The number of rotatable bonds is 7. The van der Waals surface area contributed by atoms with Crippen molar-refractivity contribution in [1.82, 2.24) is 9.13 Å². The van der Waals surface area contributed by atoms with Crippen molar-refractivity contribution in [2.75, 3.05) is 13.2 Å². The Morgan fingerprint density at radius 3 is 2.56 bits per heavy atom. The van der Waals surface area contributed by atoms with E-state index >= 15 is 0 Å². The highest BCUT2D eigenvalue weighted by molar-refractivity contribution is 7.20. The quantitative estimate of drug-likeness (QED) is 0.435. The Kier molecular flexibility index (Phi) is 6.25. The Labute approximate surface area is 188 Å². The van der Waals surface area contributed by atoms with Crippen LogP contribution in [0.25, 0.3) is 21.0 Å². The molecule has 32 heavy (non-hydrogen) atoms. The number of thiophene rings is 1. The average molecular weight is 453 g/mol. The molecule has 0 spiro atoms. The van der Waals surface area contributed by atoms with Crippen molar-refractivity contribution in [1.29, 1.82) is 0 Å². The Morgan fingerprint density at radius 2 is 1.81 bits per heavy atom. The first-order valence-corrected chi connectivity index (χ1v) is 11.3. The number of hydrogen-bond donors (Lipinski definition) is 1. The van der Waals surface area contributed by atoms with E-state index in [1.165, 1.54) is 4.57 Å². The third kappa shape index (κ3) is 3.76. The number of nitrogens with zero attached hydrogens (tertiary/aromatic N) is 2. The molecule has 0 fully saturated rings. The fourth-order valence-electron chi connectivity index (χ4n) is 4.02.